The van der Waals surface area contributed by atoms with Crippen LogP contribution in [0, 0.1) is 11.3 Å². The number of ether oxygens (including phenoxy) is 3. The number of halogens is 3. The molecule has 108 valence electrons. The molecule has 0 aromatic heterocycles. The molecule has 0 atom stereocenters. The van der Waals surface area contributed by atoms with Gasteiger partial charge in [-0.2, -0.15) is 5.26 Å². The molecule has 8 heteroatoms. The largest absolute Gasteiger partial charge is 0.573 e. The summed E-state index contributed by atoms with van der Waals surface area (Å²) in [5, 5.41) is 8.93. The lowest BCUT2D eigenvalue weighted by Crippen LogP contribution is -2.19. The summed E-state index contributed by atoms with van der Waals surface area (Å²) in [6, 6.07) is 3.48. The van der Waals surface area contributed by atoms with Crippen LogP contribution in [0.3, 0.4) is 0 Å². The van der Waals surface area contributed by atoms with Crippen molar-refractivity contribution in [2.45, 2.75) is 13.3 Å². The lowest BCUT2D eigenvalue weighted by Gasteiger charge is -2.14. The van der Waals surface area contributed by atoms with Crippen molar-refractivity contribution in [1.29, 1.82) is 5.26 Å². The van der Waals surface area contributed by atoms with Crippen molar-refractivity contribution >= 4 is 5.97 Å². The Morgan fingerprint density at radius 1 is 1.40 bits per heavy atom. The van der Waals surface area contributed by atoms with Gasteiger partial charge in [0.2, 0.25) is 0 Å². The summed E-state index contributed by atoms with van der Waals surface area (Å²) in [4.78, 5) is 11.6. The van der Waals surface area contributed by atoms with Crippen LogP contribution in [0.15, 0.2) is 12.1 Å². The first-order valence-corrected chi connectivity index (χ1v) is 5.37. The van der Waals surface area contributed by atoms with Gasteiger partial charge in [0, 0.05) is 6.07 Å². The monoisotopic (exact) mass is 289 g/mol. The van der Waals surface area contributed by atoms with E-state index in [0.717, 1.165) is 12.1 Å². The van der Waals surface area contributed by atoms with Gasteiger partial charge in [0.25, 0.3) is 0 Å². The zero-order valence-corrected chi connectivity index (χ0v) is 10.6. The third kappa shape index (κ3) is 3.78. The zero-order valence-electron chi connectivity index (χ0n) is 10.6. The number of hydrogen-bond donors (Lipinski definition) is 0. The SMILES string of the molecule is CCOC(=O)c1cc(OC)cc(OC(F)(F)F)c1C#N. The molecule has 1 aromatic rings. The number of hydrogen-bond acceptors (Lipinski definition) is 5. The van der Waals surface area contributed by atoms with Gasteiger partial charge in [-0.1, -0.05) is 0 Å². The predicted octanol–water partition coefficient (Wildman–Crippen LogP) is 2.64. The van der Waals surface area contributed by atoms with Crippen LogP contribution in [0.4, 0.5) is 13.2 Å². The van der Waals surface area contributed by atoms with Crippen LogP contribution >= 0.6 is 0 Å². The third-order valence-corrected chi connectivity index (χ3v) is 2.14. The van der Waals surface area contributed by atoms with Crippen molar-refractivity contribution in [1.82, 2.24) is 0 Å². The van der Waals surface area contributed by atoms with Gasteiger partial charge in [0.05, 0.1) is 19.3 Å². The van der Waals surface area contributed by atoms with Crippen molar-refractivity contribution in [3.05, 3.63) is 23.3 Å². The fourth-order valence-corrected chi connectivity index (χ4v) is 1.40. The number of rotatable bonds is 4. The van der Waals surface area contributed by atoms with Crippen molar-refractivity contribution in [3.8, 4) is 17.6 Å². The fourth-order valence-electron chi connectivity index (χ4n) is 1.40. The Morgan fingerprint density at radius 2 is 2.05 bits per heavy atom. The molecule has 0 heterocycles. The lowest BCUT2D eigenvalue weighted by atomic mass is 10.1. The molecule has 0 aliphatic rings. The topological polar surface area (TPSA) is 68.6 Å². The van der Waals surface area contributed by atoms with E-state index in [2.05, 4.69) is 9.47 Å². The highest BCUT2D eigenvalue weighted by atomic mass is 19.4. The van der Waals surface area contributed by atoms with Crippen LogP contribution in [0.5, 0.6) is 11.5 Å². The summed E-state index contributed by atoms with van der Waals surface area (Å²) < 4.78 is 50.0. The maximum atomic E-state index is 12.3. The molecule has 0 bridgehead atoms. The molecular weight excluding hydrogens is 279 g/mol. The summed E-state index contributed by atoms with van der Waals surface area (Å²) in [5.74, 6) is -1.82. The van der Waals surface area contributed by atoms with Gasteiger partial charge in [-0.25, -0.2) is 4.79 Å². The summed E-state index contributed by atoms with van der Waals surface area (Å²) >= 11 is 0. The first-order chi connectivity index (χ1) is 9.32. The number of carbonyl (C=O) groups excluding carboxylic acids is 1. The van der Waals surface area contributed by atoms with E-state index in [1.165, 1.54) is 20.1 Å². The van der Waals surface area contributed by atoms with E-state index >= 15 is 0 Å². The Bertz CT molecular complexity index is 549. The number of nitriles is 1. The second kappa shape index (κ2) is 6.14. The molecular formula is C12H10F3NO4. The minimum absolute atomic E-state index is 0.0103. The van der Waals surface area contributed by atoms with Crippen LogP contribution < -0.4 is 9.47 Å². The van der Waals surface area contributed by atoms with Gasteiger partial charge in [-0.3, -0.25) is 0 Å². The minimum atomic E-state index is -5.00. The molecule has 0 fully saturated rings. The minimum Gasteiger partial charge on any atom is -0.497 e. The lowest BCUT2D eigenvalue weighted by molar-refractivity contribution is -0.274. The number of carbonyl (C=O) groups is 1. The average molecular weight is 289 g/mol. The molecule has 20 heavy (non-hydrogen) atoms. The van der Waals surface area contributed by atoms with E-state index in [1.807, 2.05) is 0 Å². The average Bonchev–Trinajstić information content (AvgIpc) is 2.36. The highest BCUT2D eigenvalue weighted by Crippen LogP contribution is 2.32. The highest BCUT2D eigenvalue weighted by molar-refractivity contribution is 5.93. The smallest absolute Gasteiger partial charge is 0.497 e. The predicted molar refractivity (Wildman–Crippen MR) is 60.3 cm³/mol. The molecule has 0 N–H and O–H groups in total. The quantitative estimate of drug-likeness (QED) is 0.797. The highest BCUT2D eigenvalue weighted by Gasteiger charge is 2.33. The van der Waals surface area contributed by atoms with Crippen LogP contribution in [0.1, 0.15) is 22.8 Å². The molecule has 0 spiro atoms. The van der Waals surface area contributed by atoms with Crippen LogP contribution in [0.2, 0.25) is 0 Å². The van der Waals surface area contributed by atoms with Gasteiger partial charge < -0.3 is 14.2 Å². The van der Waals surface area contributed by atoms with Gasteiger partial charge >= 0.3 is 12.3 Å². The number of esters is 1. The van der Waals surface area contributed by atoms with Gasteiger partial charge in [-0.15, -0.1) is 13.2 Å². The van der Waals surface area contributed by atoms with Crippen LogP contribution in [0.25, 0.3) is 0 Å². The van der Waals surface area contributed by atoms with E-state index in [-0.39, 0.29) is 17.9 Å². The first kappa shape index (κ1) is 15.6. The third-order valence-electron chi connectivity index (χ3n) is 2.14. The number of methoxy groups -OCH3 is 1. The Hall–Kier alpha value is -2.43. The molecule has 0 radical (unpaired) electrons. The van der Waals surface area contributed by atoms with E-state index in [1.54, 1.807) is 0 Å². The molecule has 0 unspecified atom stereocenters. The van der Waals surface area contributed by atoms with Crippen molar-refractivity contribution in [3.63, 3.8) is 0 Å². The summed E-state index contributed by atoms with van der Waals surface area (Å²) in [5.41, 5.74) is -0.922. The van der Waals surface area contributed by atoms with E-state index < -0.39 is 23.6 Å². The van der Waals surface area contributed by atoms with Gasteiger partial charge in [0.1, 0.15) is 17.4 Å². The number of alkyl halides is 3. The van der Waals surface area contributed by atoms with Gasteiger partial charge in [-0.05, 0) is 13.0 Å². The van der Waals surface area contributed by atoms with Crippen molar-refractivity contribution in [2.24, 2.45) is 0 Å². The Labute approximate surface area is 112 Å². The van der Waals surface area contributed by atoms with Crippen molar-refractivity contribution < 1.29 is 32.2 Å². The van der Waals surface area contributed by atoms with Gasteiger partial charge in [0.15, 0.2) is 5.75 Å². The molecule has 0 saturated carbocycles. The second-order valence-corrected chi connectivity index (χ2v) is 3.43. The van der Waals surface area contributed by atoms with E-state index in [0.29, 0.717) is 0 Å². The molecule has 5 nitrogen and oxygen atoms in total. The normalized spacial score (nSPS) is 10.6. The molecule has 1 aromatic carbocycles. The van der Waals surface area contributed by atoms with Crippen LogP contribution in [-0.4, -0.2) is 26.0 Å². The second-order valence-electron chi connectivity index (χ2n) is 3.43. The van der Waals surface area contributed by atoms with Crippen molar-refractivity contribution in [2.75, 3.05) is 13.7 Å². The number of nitrogens with zero attached hydrogens (tertiary/aromatic N) is 1. The summed E-state index contributed by atoms with van der Waals surface area (Å²) in [7, 11) is 1.20. The Morgan fingerprint density at radius 3 is 2.50 bits per heavy atom. The fraction of sp³-hybridized carbons (Fsp3) is 0.333. The molecule has 0 aliphatic heterocycles. The standard InChI is InChI=1S/C12H10F3NO4/c1-3-19-11(17)8-4-7(18-2)5-10(9(8)6-16)20-12(13,14)15/h4-5H,3H2,1-2H3. The molecule has 1 rings (SSSR count). The van der Waals surface area contributed by atoms with E-state index in [9.17, 15) is 18.0 Å². The Balaban J connectivity index is 3.40. The number of benzene rings is 1. The van der Waals surface area contributed by atoms with Crippen LogP contribution in [-0.2, 0) is 4.74 Å². The molecule has 0 amide bonds. The zero-order chi connectivity index (χ0) is 15.3. The molecule has 0 aliphatic carbocycles. The first-order valence-electron chi connectivity index (χ1n) is 5.37. The summed E-state index contributed by atoms with van der Waals surface area (Å²) in [6.07, 6.45) is -5.00. The molecule has 0 saturated heterocycles. The summed E-state index contributed by atoms with van der Waals surface area (Å²) in [6.45, 7) is 1.54. The van der Waals surface area contributed by atoms with E-state index in [4.69, 9.17) is 10.00 Å². The maximum Gasteiger partial charge on any atom is 0.573 e. The Kier molecular flexibility index (Phi) is 4.80. The maximum absolute atomic E-state index is 12.3.